The number of rotatable bonds is 5. The summed E-state index contributed by atoms with van der Waals surface area (Å²) in [5.41, 5.74) is 3.34. The van der Waals surface area contributed by atoms with Crippen LogP contribution in [0.25, 0.3) is 11.1 Å². The zero-order valence-corrected chi connectivity index (χ0v) is 15.0. The largest absolute Gasteiger partial charge is 0.496 e. The first-order valence-electron chi connectivity index (χ1n) is 9.01. The highest BCUT2D eigenvalue weighted by atomic mass is 16.5. The molecule has 134 valence electrons. The summed E-state index contributed by atoms with van der Waals surface area (Å²) in [7, 11) is 1.73. The Morgan fingerprint density at radius 1 is 1.12 bits per heavy atom. The van der Waals surface area contributed by atoms with Gasteiger partial charge in [0, 0.05) is 36.0 Å². The van der Waals surface area contributed by atoms with E-state index < -0.39 is 0 Å². The van der Waals surface area contributed by atoms with Crippen molar-refractivity contribution in [3.05, 3.63) is 66.6 Å². The van der Waals surface area contributed by atoms with Crippen LogP contribution in [0.2, 0.25) is 0 Å². The second-order valence-corrected chi connectivity index (χ2v) is 6.72. The number of aromatic nitrogens is 2. The third-order valence-electron chi connectivity index (χ3n) is 5.10. The molecule has 26 heavy (non-hydrogen) atoms. The molecular formula is C21H23N3O2. The molecule has 3 aromatic rings. The Morgan fingerprint density at radius 3 is 2.62 bits per heavy atom. The van der Waals surface area contributed by atoms with Gasteiger partial charge in [0.05, 0.1) is 13.4 Å². The Balaban J connectivity index is 1.47. The molecule has 1 aliphatic heterocycles. The first-order chi connectivity index (χ1) is 12.8. The van der Waals surface area contributed by atoms with Gasteiger partial charge in [0.15, 0.2) is 0 Å². The smallest absolute Gasteiger partial charge is 0.123 e. The summed E-state index contributed by atoms with van der Waals surface area (Å²) in [6.45, 7) is 3.01. The Bertz CT molecular complexity index is 826. The predicted molar refractivity (Wildman–Crippen MR) is 100.0 cm³/mol. The SMILES string of the molecule is COc1ccc(-c2cncnc2)cc1CN1CCC(c2ccco2)CC1. The number of benzene rings is 1. The van der Waals surface area contributed by atoms with Crippen molar-refractivity contribution in [2.75, 3.05) is 20.2 Å². The average molecular weight is 349 g/mol. The summed E-state index contributed by atoms with van der Waals surface area (Å²) in [6.07, 6.45) is 9.26. The Labute approximate surface area is 153 Å². The number of furan rings is 1. The average Bonchev–Trinajstić information content (AvgIpc) is 3.24. The van der Waals surface area contributed by atoms with Crippen LogP contribution in [0.1, 0.15) is 30.1 Å². The topological polar surface area (TPSA) is 51.4 Å². The van der Waals surface area contributed by atoms with E-state index in [0.29, 0.717) is 5.92 Å². The molecule has 5 heteroatoms. The molecule has 0 atom stereocenters. The van der Waals surface area contributed by atoms with E-state index in [2.05, 4.69) is 33.1 Å². The summed E-state index contributed by atoms with van der Waals surface area (Å²) in [6, 6.07) is 10.4. The van der Waals surface area contributed by atoms with Crippen molar-refractivity contribution >= 4 is 0 Å². The number of methoxy groups -OCH3 is 1. The van der Waals surface area contributed by atoms with Gasteiger partial charge < -0.3 is 9.15 Å². The normalized spacial score (nSPS) is 15.9. The molecule has 0 amide bonds. The molecular weight excluding hydrogens is 326 g/mol. The molecule has 1 aromatic carbocycles. The minimum absolute atomic E-state index is 0.538. The molecule has 1 aliphatic rings. The molecule has 0 N–H and O–H groups in total. The van der Waals surface area contributed by atoms with Crippen LogP contribution < -0.4 is 4.74 Å². The van der Waals surface area contributed by atoms with Gasteiger partial charge in [-0.25, -0.2) is 9.97 Å². The zero-order valence-electron chi connectivity index (χ0n) is 15.0. The molecule has 0 radical (unpaired) electrons. The van der Waals surface area contributed by atoms with Crippen molar-refractivity contribution in [1.82, 2.24) is 14.9 Å². The van der Waals surface area contributed by atoms with Crippen LogP contribution in [-0.2, 0) is 6.54 Å². The number of nitrogens with zero attached hydrogens (tertiary/aromatic N) is 3. The Morgan fingerprint density at radius 2 is 1.92 bits per heavy atom. The van der Waals surface area contributed by atoms with Crippen LogP contribution in [0.3, 0.4) is 0 Å². The fraction of sp³-hybridized carbons (Fsp3) is 0.333. The molecule has 3 heterocycles. The lowest BCUT2D eigenvalue weighted by Gasteiger charge is -2.31. The van der Waals surface area contributed by atoms with Crippen LogP contribution in [0, 0.1) is 0 Å². The van der Waals surface area contributed by atoms with Gasteiger partial charge in [-0.2, -0.15) is 0 Å². The minimum atomic E-state index is 0.538. The molecule has 1 fully saturated rings. The van der Waals surface area contributed by atoms with Crippen molar-refractivity contribution in [2.45, 2.75) is 25.3 Å². The number of likely N-dealkylation sites (tertiary alicyclic amines) is 1. The van der Waals surface area contributed by atoms with E-state index in [1.165, 1.54) is 5.56 Å². The minimum Gasteiger partial charge on any atom is -0.496 e. The van der Waals surface area contributed by atoms with E-state index in [1.807, 2.05) is 24.5 Å². The monoisotopic (exact) mass is 349 g/mol. The third kappa shape index (κ3) is 3.63. The van der Waals surface area contributed by atoms with Crippen LogP contribution in [-0.4, -0.2) is 35.1 Å². The van der Waals surface area contributed by atoms with Gasteiger partial charge in [0.2, 0.25) is 0 Å². The van der Waals surface area contributed by atoms with Crippen LogP contribution in [0.15, 0.2) is 59.7 Å². The van der Waals surface area contributed by atoms with E-state index in [1.54, 1.807) is 19.7 Å². The quantitative estimate of drug-likeness (QED) is 0.693. The lowest BCUT2D eigenvalue weighted by atomic mass is 9.94. The van der Waals surface area contributed by atoms with Crippen molar-refractivity contribution in [3.8, 4) is 16.9 Å². The highest BCUT2D eigenvalue weighted by Crippen LogP contribution is 2.31. The molecule has 0 aliphatic carbocycles. The van der Waals surface area contributed by atoms with E-state index in [0.717, 1.165) is 55.1 Å². The highest BCUT2D eigenvalue weighted by molar-refractivity contribution is 5.64. The number of piperidine rings is 1. The fourth-order valence-corrected chi connectivity index (χ4v) is 3.67. The standard InChI is InChI=1S/C21H23N3O2/c1-25-20-5-4-17(19-12-22-15-23-13-19)11-18(20)14-24-8-6-16(7-9-24)21-3-2-10-26-21/h2-5,10-13,15-16H,6-9,14H2,1H3. The number of ether oxygens (including phenoxy) is 1. The van der Waals surface area contributed by atoms with E-state index in [-0.39, 0.29) is 0 Å². The molecule has 4 rings (SSSR count). The first kappa shape index (κ1) is 16.8. The van der Waals surface area contributed by atoms with Gasteiger partial charge in [0.25, 0.3) is 0 Å². The van der Waals surface area contributed by atoms with Gasteiger partial charge in [-0.15, -0.1) is 0 Å². The van der Waals surface area contributed by atoms with Crippen LogP contribution in [0.4, 0.5) is 0 Å². The van der Waals surface area contributed by atoms with Crippen molar-refractivity contribution < 1.29 is 9.15 Å². The summed E-state index contributed by atoms with van der Waals surface area (Å²) in [5, 5.41) is 0. The lowest BCUT2D eigenvalue weighted by molar-refractivity contribution is 0.193. The summed E-state index contributed by atoms with van der Waals surface area (Å²) in [5.74, 6) is 2.59. The molecule has 5 nitrogen and oxygen atoms in total. The maximum Gasteiger partial charge on any atom is 0.123 e. The third-order valence-corrected chi connectivity index (χ3v) is 5.10. The predicted octanol–water partition coefficient (Wildman–Crippen LogP) is 4.12. The first-order valence-corrected chi connectivity index (χ1v) is 9.01. The molecule has 0 bridgehead atoms. The number of hydrogen-bond acceptors (Lipinski definition) is 5. The van der Waals surface area contributed by atoms with Crippen molar-refractivity contribution in [3.63, 3.8) is 0 Å². The zero-order chi connectivity index (χ0) is 17.8. The van der Waals surface area contributed by atoms with E-state index in [9.17, 15) is 0 Å². The lowest BCUT2D eigenvalue weighted by Crippen LogP contribution is -2.32. The molecule has 2 aromatic heterocycles. The van der Waals surface area contributed by atoms with Gasteiger partial charge in [-0.1, -0.05) is 6.07 Å². The maximum absolute atomic E-state index is 5.58. The maximum atomic E-state index is 5.58. The Kier molecular flexibility index (Phi) is 4.97. The van der Waals surface area contributed by atoms with Gasteiger partial charge in [0.1, 0.15) is 17.8 Å². The van der Waals surface area contributed by atoms with Crippen molar-refractivity contribution in [1.29, 1.82) is 0 Å². The Hall–Kier alpha value is -2.66. The van der Waals surface area contributed by atoms with Gasteiger partial charge >= 0.3 is 0 Å². The number of hydrogen-bond donors (Lipinski definition) is 0. The molecule has 0 spiro atoms. The summed E-state index contributed by atoms with van der Waals surface area (Å²) < 4.78 is 11.2. The second-order valence-electron chi connectivity index (χ2n) is 6.72. The highest BCUT2D eigenvalue weighted by Gasteiger charge is 2.23. The molecule has 0 unspecified atom stereocenters. The van der Waals surface area contributed by atoms with Crippen LogP contribution >= 0.6 is 0 Å². The van der Waals surface area contributed by atoms with E-state index in [4.69, 9.17) is 9.15 Å². The van der Waals surface area contributed by atoms with Gasteiger partial charge in [-0.3, -0.25) is 4.90 Å². The second kappa shape index (κ2) is 7.70. The fourth-order valence-electron chi connectivity index (χ4n) is 3.67. The molecule has 0 saturated carbocycles. The molecule has 1 saturated heterocycles. The van der Waals surface area contributed by atoms with Crippen molar-refractivity contribution in [2.24, 2.45) is 0 Å². The summed E-state index contributed by atoms with van der Waals surface area (Å²) in [4.78, 5) is 10.7. The van der Waals surface area contributed by atoms with Crippen LogP contribution in [0.5, 0.6) is 5.75 Å². The van der Waals surface area contributed by atoms with E-state index >= 15 is 0 Å². The summed E-state index contributed by atoms with van der Waals surface area (Å²) >= 11 is 0. The van der Waals surface area contributed by atoms with Gasteiger partial charge in [-0.05, 0) is 55.8 Å².